The number of thioether (sulfide) groups is 8. The molecule has 214 valence electrons. The molecule has 0 amide bonds. The van der Waals surface area contributed by atoms with Crippen LogP contribution in [0.25, 0.3) is 12.2 Å². The Morgan fingerprint density at radius 3 is 1.21 bits per heavy atom. The third-order valence-electron chi connectivity index (χ3n) is 4.86. The summed E-state index contributed by atoms with van der Waals surface area (Å²) in [6.07, 6.45) is 4.45. The first-order valence-corrected chi connectivity index (χ1v) is 22.8. The smallest absolute Gasteiger partial charge is 0.307 e. The zero-order chi connectivity index (χ0) is 27.6. The Balaban J connectivity index is 1.15. The van der Waals surface area contributed by atoms with Crippen LogP contribution in [0.5, 0.6) is 0 Å². The highest BCUT2D eigenvalue weighted by molar-refractivity contribution is 8.49. The highest BCUT2D eigenvalue weighted by Gasteiger charge is 2.46. The average molecular weight is 737 g/mol. The summed E-state index contributed by atoms with van der Waals surface area (Å²) in [4.78, 5) is 2.40. The van der Waals surface area contributed by atoms with Crippen molar-refractivity contribution in [2.24, 2.45) is 0 Å². The van der Waals surface area contributed by atoms with E-state index in [1.807, 2.05) is 27.7 Å². The van der Waals surface area contributed by atoms with E-state index in [2.05, 4.69) is 24.3 Å². The summed E-state index contributed by atoms with van der Waals surface area (Å²) in [7, 11) is -6.29. The van der Waals surface area contributed by atoms with Crippen molar-refractivity contribution in [3.05, 3.63) is 47.3 Å². The van der Waals surface area contributed by atoms with E-state index in [1.54, 1.807) is 105 Å². The van der Waals surface area contributed by atoms with Crippen molar-refractivity contribution in [1.29, 1.82) is 0 Å². The summed E-state index contributed by atoms with van der Waals surface area (Å²) in [5.74, 6) is 0. The first-order valence-electron chi connectivity index (χ1n) is 12.0. The van der Waals surface area contributed by atoms with Crippen LogP contribution in [0.1, 0.15) is 37.4 Å². The van der Waals surface area contributed by atoms with Gasteiger partial charge in [-0.25, -0.2) is 0 Å². The Bertz CT molecular complexity index is 1170. The standard InChI is InChI=1S/C22H26O6P2S9/c1-5-25-29(23,26-6-2)21-36-17-18(37-21)33-15(32-17)11-13-9-10-14(31-13)12-16-34-19-20(35-16)39-22(38-19)30(24,27-7-3)28-8-4/h9-12,21-22H,5-8H2,1-4H3. The molecular weight excluding hydrogens is 711 g/mol. The monoisotopic (exact) mass is 736 g/mol. The van der Waals surface area contributed by atoms with E-state index in [-0.39, 0.29) is 8.65 Å². The normalized spacial score (nSPS) is 20.5. The molecule has 0 saturated heterocycles. The third kappa shape index (κ3) is 7.53. The van der Waals surface area contributed by atoms with Gasteiger partial charge in [0.2, 0.25) is 0 Å². The number of rotatable bonds is 12. The van der Waals surface area contributed by atoms with Gasteiger partial charge in [0.1, 0.15) is 0 Å². The third-order valence-corrected chi connectivity index (χ3v) is 24.4. The van der Waals surface area contributed by atoms with Crippen LogP contribution >= 0.6 is 121 Å². The molecule has 0 spiro atoms. The van der Waals surface area contributed by atoms with Gasteiger partial charge in [-0.2, -0.15) is 0 Å². The molecule has 0 aromatic carbocycles. The lowest BCUT2D eigenvalue weighted by Crippen LogP contribution is -2.04. The zero-order valence-electron chi connectivity index (χ0n) is 21.3. The highest BCUT2D eigenvalue weighted by atomic mass is 32.3. The van der Waals surface area contributed by atoms with E-state index in [1.165, 1.54) is 35.2 Å². The first kappa shape index (κ1) is 32.2. The van der Waals surface area contributed by atoms with Crippen molar-refractivity contribution < 1.29 is 27.2 Å². The molecule has 1 aromatic heterocycles. The fourth-order valence-corrected chi connectivity index (χ4v) is 24.7. The molecule has 1 aromatic rings. The summed E-state index contributed by atoms with van der Waals surface area (Å²) >= 11 is 15.1. The summed E-state index contributed by atoms with van der Waals surface area (Å²) < 4.78 is 55.3. The van der Waals surface area contributed by atoms with E-state index in [0.717, 1.165) is 0 Å². The Morgan fingerprint density at radius 2 is 0.923 bits per heavy atom. The summed E-state index contributed by atoms with van der Waals surface area (Å²) in [5.41, 5.74) is 0. The Morgan fingerprint density at radius 1 is 0.615 bits per heavy atom. The zero-order valence-corrected chi connectivity index (χ0v) is 30.4. The summed E-state index contributed by atoms with van der Waals surface area (Å²) in [6.45, 7) is 8.88. The Kier molecular flexibility index (Phi) is 11.7. The molecule has 0 N–H and O–H groups in total. The number of hydrogen-bond acceptors (Lipinski definition) is 15. The SMILES string of the molecule is CCOP(=O)(OCC)C1SC2=C(SC(=Cc3ccc(C=C4SC5=C(S4)SC(P(=O)(OCC)OCC)S5)s3)S2)S1. The minimum absolute atomic E-state index is 0.238. The van der Waals surface area contributed by atoms with Gasteiger partial charge in [-0.15, -0.1) is 11.3 Å². The molecule has 0 atom stereocenters. The number of hydrogen-bond donors (Lipinski definition) is 0. The summed E-state index contributed by atoms with van der Waals surface area (Å²) in [6, 6.07) is 4.31. The van der Waals surface area contributed by atoms with Crippen LogP contribution in [-0.4, -0.2) is 35.1 Å². The highest BCUT2D eigenvalue weighted by Crippen LogP contribution is 2.75. The lowest BCUT2D eigenvalue weighted by Gasteiger charge is -2.22. The van der Waals surface area contributed by atoms with Gasteiger partial charge in [-0.1, -0.05) is 94.1 Å². The van der Waals surface area contributed by atoms with E-state index < -0.39 is 15.2 Å². The van der Waals surface area contributed by atoms with Crippen LogP contribution in [0.3, 0.4) is 0 Å². The topological polar surface area (TPSA) is 71.1 Å². The molecule has 0 aliphatic carbocycles. The maximum atomic E-state index is 13.2. The minimum Gasteiger partial charge on any atom is -0.307 e. The van der Waals surface area contributed by atoms with Gasteiger partial charge in [0.15, 0.2) is 8.65 Å². The van der Waals surface area contributed by atoms with E-state index >= 15 is 0 Å². The predicted octanol–water partition coefficient (Wildman–Crippen LogP) is 11.6. The minimum atomic E-state index is -3.15. The molecule has 0 bridgehead atoms. The average Bonchev–Trinajstić information content (AvgIpc) is 3.67. The molecule has 0 unspecified atom stereocenters. The van der Waals surface area contributed by atoms with Gasteiger partial charge in [0, 0.05) is 9.75 Å². The van der Waals surface area contributed by atoms with Crippen molar-refractivity contribution in [2.45, 2.75) is 36.3 Å². The van der Waals surface area contributed by atoms with Crippen LogP contribution in [0, 0.1) is 0 Å². The largest absolute Gasteiger partial charge is 0.354 e. The van der Waals surface area contributed by atoms with Crippen LogP contribution in [0.15, 0.2) is 37.6 Å². The Labute approximate surface area is 267 Å². The maximum absolute atomic E-state index is 13.2. The van der Waals surface area contributed by atoms with E-state index in [4.69, 9.17) is 18.1 Å². The molecule has 0 fully saturated rings. The van der Waals surface area contributed by atoms with E-state index in [9.17, 15) is 9.13 Å². The van der Waals surface area contributed by atoms with Gasteiger partial charge in [-0.3, -0.25) is 9.13 Å². The predicted molar refractivity (Wildman–Crippen MR) is 184 cm³/mol. The van der Waals surface area contributed by atoms with Crippen LogP contribution in [0.4, 0.5) is 0 Å². The lowest BCUT2D eigenvalue weighted by atomic mass is 10.4. The van der Waals surface area contributed by atoms with Crippen LogP contribution in [0.2, 0.25) is 0 Å². The number of thiophene rings is 1. The van der Waals surface area contributed by atoms with Crippen LogP contribution in [-0.2, 0) is 27.2 Å². The van der Waals surface area contributed by atoms with Gasteiger partial charge in [-0.05, 0) is 52.0 Å². The van der Waals surface area contributed by atoms with Crippen LogP contribution < -0.4 is 0 Å². The molecule has 6 nitrogen and oxygen atoms in total. The lowest BCUT2D eigenvalue weighted by molar-refractivity contribution is 0.221. The second-order valence-corrected chi connectivity index (χ2v) is 25.1. The van der Waals surface area contributed by atoms with E-state index in [0.29, 0.717) is 26.4 Å². The molecule has 0 radical (unpaired) electrons. The van der Waals surface area contributed by atoms with Gasteiger partial charge >= 0.3 is 15.2 Å². The van der Waals surface area contributed by atoms with Crippen molar-refractivity contribution in [3.8, 4) is 0 Å². The second-order valence-electron chi connectivity index (χ2n) is 7.56. The van der Waals surface area contributed by atoms with Gasteiger partial charge in [0.25, 0.3) is 0 Å². The molecule has 4 aliphatic heterocycles. The molecule has 39 heavy (non-hydrogen) atoms. The molecular formula is C22H26O6P2S9. The summed E-state index contributed by atoms with van der Waals surface area (Å²) in [5, 5.41) is 0. The Hall–Kier alpha value is 1.76. The van der Waals surface area contributed by atoms with Crippen molar-refractivity contribution in [1.82, 2.24) is 0 Å². The first-order chi connectivity index (χ1) is 18.8. The van der Waals surface area contributed by atoms with Gasteiger partial charge in [0.05, 0.1) is 51.9 Å². The molecule has 0 saturated carbocycles. The van der Waals surface area contributed by atoms with Gasteiger partial charge < -0.3 is 18.1 Å². The second kappa shape index (κ2) is 14.2. The quantitative estimate of drug-likeness (QED) is 0.191. The fraction of sp³-hybridized carbons (Fsp3) is 0.455. The molecule has 5 heterocycles. The van der Waals surface area contributed by atoms with Crippen molar-refractivity contribution >= 4 is 133 Å². The fourth-order valence-electron chi connectivity index (χ4n) is 3.45. The maximum Gasteiger partial charge on any atom is 0.354 e. The molecule has 5 rings (SSSR count). The molecule has 17 heteroatoms. The van der Waals surface area contributed by atoms with Crippen molar-refractivity contribution in [2.75, 3.05) is 26.4 Å². The molecule has 4 aliphatic rings. The van der Waals surface area contributed by atoms with Crippen molar-refractivity contribution in [3.63, 3.8) is 0 Å².